The van der Waals surface area contributed by atoms with Crippen LogP contribution in [0.5, 0.6) is 0 Å². The first-order chi connectivity index (χ1) is 13.2. The van der Waals surface area contributed by atoms with Gasteiger partial charge in [-0.15, -0.1) is 0 Å². The first-order valence-corrected chi connectivity index (χ1v) is 9.71. The Balaban J connectivity index is 2.11. The second kappa shape index (κ2) is 7.36. The van der Waals surface area contributed by atoms with E-state index in [0.29, 0.717) is 16.6 Å². The molecule has 0 saturated heterocycles. The normalized spacial score (nSPS) is 16.2. The molecule has 2 aromatic heterocycles. The smallest absolute Gasteiger partial charge is 0.272 e. The molecule has 3 rings (SSSR count). The van der Waals surface area contributed by atoms with Crippen LogP contribution in [-0.4, -0.2) is 33.2 Å². The number of nitriles is 1. The van der Waals surface area contributed by atoms with Gasteiger partial charge in [0.1, 0.15) is 17.4 Å². The molecule has 1 N–H and O–H groups in total. The third-order valence-electron chi connectivity index (χ3n) is 4.50. The Hall–Kier alpha value is -2.73. The summed E-state index contributed by atoms with van der Waals surface area (Å²) >= 11 is 1.26. The van der Waals surface area contributed by atoms with E-state index in [1.807, 2.05) is 26.8 Å². The standard InChI is InChI=1S/C19H20FN5O2S/c1-19(2,3)15-13(20)5-10(7-23-15)14-12(6-21)17(27)25-8-11(16(26)22-4)9-28-18(25)24-14/h5,7,11H,8-9H2,1-4H3,(H,22,26). The second-order valence-corrected chi connectivity index (χ2v) is 8.56. The van der Waals surface area contributed by atoms with Gasteiger partial charge in [-0.25, -0.2) is 9.37 Å². The van der Waals surface area contributed by atoms with Gasteiger partial charge in [0.05, 0.1) is 17.3 Å². The number of rotatable bonds is 2. The monoisotopic (exact) mass is 401 g/mol. The predicted molar refractivity (Wildman–Crippen MR) is 103 cm³/mol. The van der Waals surface area contributed by atoms with Gasteiger partial charge in [0.15, 0.2) is 5.16 Å². The van der Waals surface area contributed by atoms with Crippen molar-refractivity contribution in [3.05, 3.63) is 39.7 Å². The highest BCUT2D eigenvalue weighted by molar-refractivity contribution is 7.99. The molecule has 9 heteroatoms. The zero-order valence-corrected chi connectivity index (χ0v) is 16.9. The third kappa shape index (κ3) is 3.52. The minimum absolute atomic E-state index is 0.108. The maximum absolute atomic E-state index is 14.6. The number of carbonyl (C=O) groups excluding carboxylic acids is 1. The first-order valence-electron chi connectivity index (χ1n) is 8.73. The summed E-state index contributed by atoms with van der Waals surface area (Å²) < 4.78 is 15.9. The summed E-state index contributed by atoms with van der Waals surface area (Å²) in [6.07, 6.45) is 1.43. The largest absolute Gasteiger partial charge is 0.359 e. The van der Waals surface area contributed by atoms with Gasteiger partial charge in [-0.1, -0.05) is 32.5 Å². The molecule has 0 aromatic carbocycles. The molecule has 0 bridgehead atoms. The molecule has 0 aliphatic carbocycles. The number of thioether (sulfide) groups is 1. The third-order valence-corrected chi connectivity index (χ3v) is 5.64. The van der Waals surface area contributed by atoms with Crippen molar-refractivity contribution in [2.75, 3.05) is 12.8 Å². The van der Waals surface area contributed by atoms with Gasteiger partial charge < -0.3 is 5.32 Å². The Labute approximate surface area is 166 Å². The summed E-state index contributed by atoms with van der Waals surface area (Å²) in [6, 6.07) is 3.14. The van der Waals surface area contributed by atoms with E-state index in [4.69, 9.17) is 0 Å². The number of hydrogen-bond acceptors (Lipinski definition) is 6. The summed E-state index contributed by atoms with van der Waals surface area (Å²) in [5.41, 5.74) is -0.523. The minimum atomic E-state index is -0.538. The van der Waals surface area contributed by atoms with Crippen LogP contribution in [0, 0.1) is 23.1 Å². The van der Waals surface area contributed by atoms with E-state index in [-0.39, 0.29) is 35.2 Å². The zero-order chi connectivity index (χ0) is 20.6. The molecule has 1 atom stereocenters. The van der Waals surface area contributed by atoms with E-state index in [0.717, 1.165) is 0 Å². The number of halogens is 1. The van der Waals surface area contributed by atoms with E-state index < -0.39 is 16.8 Å². The summed E-state index contributed by atoms with van der Waals surface area (Å²) in [6.45, 7) is 5.70. The van der Waals surface area contributed by atoms with Crippen molar-refractivity contribution in [1.29, 1.82) is 5.26 Å². The van der Waals surface area contributed by atoms with Crippen molar-refractivity contribution in [2.24, 2.45) is 5.92 Å². The lowest BCUT2D eigenvalue weighted by Crippen LogP contribution is -2.39. The molecule has 2 aromatic rings. The maximum Gasteiger partial charge on any atom is 0.272 e. The lowest BCUT2D eigenvalue weighted by atomic mass is 9.90. The number of hydrogen-bond donors (Lipinski definition) is 1. The highest BCUT2D eigenvalue weighted by Crippen LogP contribution is 2.30. The Morgan fingerprint density at radius 1 is 1.46 bits per heavy atom. The SMILES string of the molecule is CNC(=O)C1CSc2nc(-c3cnc(C(C)(C)C)c(F)c3)c(C#N)c(=O)n2C1. The summed E-state index contributed by atoms with van der Waals surface area (Å²) in [5.74, 6) is -0.602. The number of nitrogens with one attached hydrogen (secondary N) is 1. The topological polar surface area (TPSA) is 101 Å². The van der Waals surface area contributed by atoms with Crippen LogP contribution in [0.1, 0.15) is 32.0 Å². The Morgan fingerprint density at radius 3 is 2.75 bits per heavy atom. The molecular formula is C19H20FN5O2S. The Kier molecular flexibility index (Phi) is 5.26. The van der Waals surface area contributed by atoms with Gasteiger partial charge in [0, 0.05) is 36.5 Å². The van der Waals surface area contributed by atoms with Crippen molar-refractivity contribution < 1.29 is 9.18 Å². The van der Waals surface area contributed by atoms with Crippen LogP contribution in [-0.2, 0) is 16.8 Å². The molecule has 0 radical (unpaired) electrons. The van der Waals surface area contributed by atoms with E-state index in [1.54, 1.807) is 0 Å². The van der Waals surface area contributed by atoms with Gasteiger partial charge in [-0.3, -0.25) is 19.1 Å². The predicted octanol–water partition coefficient (Wildman–Crippen LogP) is 2.08. The minimum Gasteiger partial charge on any atom is -0.359 e. The number of carbonyl (C=O) groups is 1. The van der Waals surface area contributed by atoms with Crippen LogP contribution in [0.2, 0.25) is 0 Å². The molecule has 0 spiro atoms. The molecule has 146 valence electrons. The van der Waals surface area contributed by atoms with E-state index in [2.05, 4.69) is 15.3 Å². The van der Waals surface area contributed by atoms with Crippen molar-refractivity contribution >= 4 is 17.7 Å². The van der Waals surface area contributed by atoms with Gasteiger partial charge in [-0.05, 0) is 6.07 Å². The number of fused-ring (bicyclic) bond motifs is 1. The number of amides is 1. The number of aromatic nitrogens is 3. The van der Waals surface area contributed by atoms with Crippen LogP contribution in [0.15, 0.2) is 22.2 Å². The van der Waals surface area contributed by atoms with E-state index in [9.17, 15) is 19.2 Å². The van der Waals surface area contributed by atoms with E-state index >= 15 is 0 Å². The molecule has 1 aliphatic heterocycles. The lowest BCUT2D eigenvalue weighted by Gasteiger charge is -2.24. The summed E-state index contributed by atoms with van der Waals surface area (Å²) in [7, 11) is 1.54. The summed E-state index contributed by atoms with van der Waals surface area (Å²) in [5, 5.41) is 12.5. The van der Waals surface area contributed by atoms with Crippen LogP contribution in [0.3, 0.4) is 0 Å². The van der Waals surface area contributed by atoms with Crippen LogP contribution in [0.25, 0.3) is 11.3 Å². The average molecular weight is 401 g/mol. The van der Waals surface area contributed by atoms with E-state index in [1.165, 1.54) is 35.6 Å². The van der Waals surface area contributed by atoms with Gasteiger partial charge in [0.2, 0.25) is 5.91 Å². The van der Waals surface area contributed by atoms with Crippen LogP contribution >= 0.6 is 11.8 Å². The molecule has 0 saturated carbocycles. The Bertz CT molecular complexity index is 1050. The Morgan fingerprint density at radius 2 is 2.18 bits per heavy atom. The highest BCUT2D eigenvalue weighted by Gasteiger charge is 2.29. The fourth-order valence-corrected chi connectivity index (χ4v) is 4.12. The van der Waals surface area contributed by atoms with Gasteiger partial charge in [-0.2, -0.15) is 5.26 Å². The zero-order valence-electron chi connectivity index (χ0n) is 16.0. The lowest BCUT2D eigenvalue weighted by molar-refractivity contribution is -0.124. The molecule has 28 heavy (non-hydrogen) atoms. The number of nitrogens with zero attached hydrogens (tertiary/aromatic N) is 4. The van der Waals surface area contributed by atoms with Crippen molar-refractivity contribution in [1.82, 2.24) is 19.9 Å². The molecule has 7 nitrogen and oxygen atoms in total. The second-order valence-electron chi connectivity index (χ2n) is 7.57. The number of pyridine rings is 1. The molecule has 1 aliphatic rings. The highest BCUT2D eigenvalue weighted by atomic mass is 32.2. The first kappa shape index (κ1) is 20.0. The maximum atomic E-state index is 14.6. The van der Waals surface area contributed by atoms with Crippen molar-refractivity contribution in [3.8, 4) is 17.3 Å². The fourth-order valence-electron chi connectivity index (χ4n) is 3.05. The van der Waals surface area contributed by atoms with Crippen molar-refractivity contribution in [3.63, 3.8) is 0 Å². The summed E-state index contributed by atoms with van der Waals surface area (Å²) in [4.78, 5) is 33.4. The molecule has 1 amide bonds. The quantitative estimate of drug-likeness (QED) is 0.774. The molecule has 1 unspecified atom stereocenters. The van der Waals surface area contributed by atoms with Gasteiger partial charge >= 0.3 is 0 Å². The average Bonchev–Trinajstić information content (AvgIpc) is 2.65. The molecule has 3 heterocycles. The van der Waals surface area contributed by atoms with Crippen LogP contribution in [0.4, 0.5) is 4.39 Å². The van der Waals surface area contributed by atoms with Crippen LogP contribution < -0.4 is 10.9 Å². The van der Waals surface area contributed by atoms with Crippen molar-refractivity contribution in [2.45, 2.75) is 37.9 Å². The molecular weight excluding hydrogens is 381 g/mol. The fraction of sp³-hybridized carbons (Fsp3) is 0.421. The van der Waals surface area contributed by atoms with Gasteiger partial charge in [0.25, 0.3) is 5.56 Å². The molecule has 0 fully saturated rings.